The van der Waals surface area contributed by atoms with Gasteiger partial charge in [0.2, 0.25) is 0 Å². The summed E-state index contributed by atoms with van der Waals surface area (Å²) in [7, 11) is 1.68. The zero-order chi connectivity index (χ0) is 13.1. The number of methoxy groups -OCH3 is 1. The van der Waals surface area contributed by atoms with E-state index in [1.807, 2.05) is 19.1 Å². The fourth-order valence-electron chi connectivity index (χ4n) is 2.19. The molecule has 0 bridgehead atoms. The second-order valence-corrected chi connectivity index (χ2v) is 4.46. The van der Waals surface area contributed by atoms with Crippen molar-refractivity contribution in [1.82, 2.24) is 4.98 Å². The predicted molar refractivity (Wildman–Crippen MR) is 73.9 cm³/mol. The first-order valence-electron chi connectivity index (χ1n) is 6.03. The molecule has 0 saturated heterocycles. The van der Waals surface area contributed by atoms with Gasteiger partial charge < -0.3 is 15.5 Å². The topological polar surface area (TPSA) is 68.1 Å². The Balaban J connectivity index is 2.55. The number of H-pyrrole nitrogens is 1. The molecule has 2 aromatic rings. The van der Waals surface area contributed by atoms with Gasteiger partial charge in [-0.3, -0.25) is 4.79 Å². The van der Waals surface area contributed by atoms with Gasteiger partial charge in [-0.2, -0.15) is 0 Å². The number of pyridine rings is 1. The van der Waals surface area contributed by atoms with Gasteiger partial charge >= 0.3 is 0 Å². The molecule has 0 radical (unpaired) electrons. The van der Waals surface area contributed by atoms with E-state index in [1.165, 1.54) is 0 Å². The third kappa shape index (κ3) is 2.38. The van der Waals surface area contributed by atoms with Crippen LogP contribution in [0.3, 0.4) is 0 Å². The largest absolute Gasteiger partial charge is 0.399 e. The van der Waals surface area contributed by atoms with Crippen LogP contribution in [-0.4, -0.2) is 18.7 Å². The molecule has 0 saturated carbocycles. The Morgan fingerprint density at radius 1 is 1.39 bits per heavy atom. The lowest BCUT2D eigenvalue weighted by atomic mass is 9.99. The number of aromatic nitrogens is 1. The highest BCUT2D eigenvalue weighted by Crippen LogP contribution is 2.21. The molecule has 18 heavy (non-hydrogen) atoms. The van der Waals surface area contributed by atoms with E-state index in [2.05, 4.69) is 4.98 Å². The summed E-state index contributed by atoms with van der Waals surface area (Å²) in [6, 6.07) is 5.57. The van der Waals surface area contributed by atoms with Crippen molar-refractivity contribution in [2.24, 2.45) is 0 Å². The Morgan fingerprint density at radius 2 is 2.17 bits per heavy atom. The lowest BCUT2D eigenvalue weighted by Gasteiger charge is -2.10. The van der Waals surface area contributed by atoms with Crippen molar-refractivity contribution in [1.29, 1.82) is 0 Å². The molecule has 0 aliphatic carbocycles. The number of fused-ring (bicyclic) bond motifs is 1. The molecular formula is C14H18N2O2. The minimum atomic E-state index is -0.0281. The van der Waals surface area contributed by atoms with Gasteiger partial charge in [0.1, 0.15) is 0 Å². The van der Waals surface area contributed by atoms with Crippen molar-refractivity contribution in [3.05, 3.63) is 39.7 Å². The number of aryl methyl sites for hydroxylation is 1. The fourth-order valence-corrected chi connectivity index (χ4v) is 2.19. The number of nitrogen functional groups attached to an aromatic ring is 1. The number of rotatable bonds is 4. The molecular weight excluding hydrogens is 228 g/mol. The highest BCUT2D eigenvalue weighted by Gasteiger charge is 2.09. The summed E-state index contributed by atoms with van der Waals surface area (Å²) in [6.45, 7) is 2.54. The summed E-state index contributed by atoms with van der Waals surface area (Å²) in [5.41, 5.74) is 9.18. The van der Waals surface area contributed by atoms with Crippen LogP contribution in [0.15, 0.2) is 23.0 Å². The molecule has 0 amide bonds. The molecule has 1 aromatic heterocycles. The summed E-state index contributed by atoms with van der Waals surface area (Å²) in [4.78, 5) is 14.7. The molecule has 0 atom stereocenters. The number of ether oxygens (including phenoxy) is 1. The van der Waals surface area contributed by atoms with E-state index in [4.69, 9.17) is 10.5 Å². The van der Waals surface area contributed by atoms with E-state index in [9.17, 15) is 4.79 Å². The fraction of sp³-hybridized carbons (Fsp3) is 0.357. The van der Waals surface area contributed by atoms with Crippen molar-refractivity contribution in [3.63, 3.8) is 0 Å². The van der Waals surface area contributed by atoms with Crippen LogP contribution in [-0.2, 0) is 11.2 Å². The van der Waals surface area contributed by atoms with Gasteiger partial charge in [-0.15, -0.1) is 0 Å². The Hall–Kier alpha value is -1.81. The average molecular weight is 246 g/mol. The van der Waals surface area contributed by atoms with Crippen LogP contribution in [0.4, 0.5) is 5.69 Å². The van der Waals surface area contributed by atoms with Gasteiger partial charge in [0.05, 0.1) is 0 Å². The van der Waals surface area contributed by atoms with E-state index in [-0.39, 0.29) is 5.56 Å². The third-order valence-electron chi connectivity index (χ3n) is 3.19. The van der Waals surface area contributed by atoms with Crippen LogP contribution in [0.1, 0.15) is 17.5 Å². The standard InChI is InChI=1S/C14H18N2O2/c1-9-11(4-3-7-18-2)12-8-10(15)5-6-13(12)16-14(9)17/h5-6,8H,3-4,7,15H2,1-2H3,(H,16,17). The van der Waals surface area contributed by atoms with E-state index in [0.29, 0.717) is 12.3 Å². The van der Waals surface area contributed by atoms with Crippen LogP contribution in [0.2, 0.25) is 0 Å². The van der Waals surface area contributed by atoms with Crippen molar-refractivity contribution in [2.45, 2.75) is 19.8 Å². The van der Waals surface area contributed by atoms with Gasteiger partial charge in [-0.25, -0.2) is 0 Å². The number of nitrogens with two attached hydrogens (primary N) is 1. The highest BCUT2D eigenvalue weighted by molar-refractivity contribution is 5.85. The molecule has 0 fully saturated rings. The lowest BCUT2D eigenvalue weighted by molar-refractivity contribution is 0.195. The summed E-state index contributed by atoms with van der Waals surface area (Å²) in [5, 5.41) is 1.03. The smallest absolute Gasteiger partial charge is 0.251 e. The molecule has 1 aromatic carbocycles. The van der Waals surface area contributed by atoms with Crippen LogP contribution in [0, 0.1) is 6.92 Å². The minimum absolute atomic E-state index is 0.0281. The van der Waals surface area contributed by atoms with Crippen LogP contribution < -0.4 is 11.3 Å². The predicted octanol–water partition coefficient (Wildman–Crippen LogP) is 2.00. The molecule has 4 heteroatoms. The summed E-state index contributed by atoms with van der Waals surface area (Å²) < 4.78 is 5.06. The maximum atomic E-state index is 11.9. The maximum absolute atomic E-state index is 11.9. The first kappa shape index (κ1) is 12.6. The molecule has 96 valence electrons. The highest BCUT2D eigenvalue weighted by atomic mass is 16.5. The second kappa shape index (κ2) is 5.23. The van der Waals surface area contributed by atoms with Crippen molar-refractivity contribution in [3.8, 4) is 0 Å². The van der Waals surface area contributed by atoms with E-state index in [0.717, 1.165) is 34.9 Å². The van der Waals surface area contributed by atoms with Crippen molar-refractivity contribution in [2.75, 3.05) is 19.5 Å². The van der Waals surface area contributed by atoms with E-state index in [1.54, 1.807) is 13.2 Å². The summed E-state index contributed by atoms with van der Waals surface area (Å²) >= 11 is 0. The quantitative estimate of drug-likeness (QED) is 0.640. The number of aromatic amines is 1. The number of hydrogen-bond acceptors (Lipinski definition) is 3. The number of anilines is 1. The minimum Gasteiger partial charge on any atom is -0.399 e. The van der Waals surface area contributed by atoms with E-state index < -0.39 is 0 Å². The van der Waals surface area contributed by atoms with Gasteiger partial charge in [0.15, 0.2) is 0 Å². The molecule has 4 nitrogen and oxygen atoms in total. The molecule has 0 aliphatic heterocycles. The second-order valence-electron chi connectivity index (χ2n) is 4.46. The van der Waals surface area contributed by atoms with E-state index >= 15 is 0 Å². The van der Waals surface area contributed by atoms with Gasteiger partial charge in [0.25, 0.3) is 5.56 Å². The normalized spacial score (nSPS) is 11.0. The van der Waals surface area contributed by atoms with Gasteiger partial charge in [-0.05, 0) is 43.5 Å². The summed E-state index contributed by atoms with van der Waals surface area (Å²) in [5.74, 6) is 0. The van der Waals surface area contributed by atoms with Crippen molar-refractivity contribution >= 4 is 16.6 Å². The Kier molecular flexibility index (Phi) is 3.67. The average Bonchev–Trinajstić information content (AvgIpc) is 2.35. The third-order valence-corrected chi connectivity index (χ3v) is 3.19. The molecule has 0 spiro atoms. The van der Waals surface area contributed by atoms with Crippen LogP contribution in [0.5, 0.6) is 0 Å². The molecule has 1 heterocycles. The summed E-state index contributed by atoms with van der Waals surface area (Å²) in [6.07, 6.45) is 1.72. The number of hydrogen-bond donors (Lipinski definition) is 2. The monoisotopic (exact) mass is 246 g/mol. The molecule has 0 unspecified atom stereocenters. The first-order chi connectivity index (χ1) is 8.63. The van der Waals surface area contributed by atoms with Crippen LogP contribution >= 0.6 is 0 Å². The Labute approximate surface area is 106 Å². The van der Waals surface area contributed by atoms with Gasteiger partial charge in [0, 0.05) is 35.9 Å². The molecule has 0 aliphatic rings. The Bertz CT molecular complexity index is 617. The lowest BCUT2D eigenvalue weighted by Crippen LogP contribution is -2.13. The Morgan fingerprint density at radius 3 is 2.89 bits per heavy atom. The zero-order valence-corrected chi connectivity index (χ0v) is 10.7. The first-order valence-corrected chi connectivity index (χ1v) is 6.03. The maximum Gasteiger partial charge on any atom is 0.251 e. The zero-order valence-electron chi connectivity index (χ0n) is 10.7. The van der Waals surface area contributed by atoms with Crippen molar-refractivity contribution < 1.29 is 4.74 Å². The molecule has 3 N–H and O–H groups in total. The molecule has 2 rings (SSSR count). The van der Waals surface area contributed by atoms with Crippen LogP contribution in [0.25, 0.3) is 10.9 Å². The van der Waals surface area contributed by atoms with Gasteiger partial charge in [-0.1, -0.05) is 0 Å². The number of nitrogens with one attached hydrogen (secondary N) is 1. The SMILES string of the molecule is COCCCc1c(C)c(=O)[nH]c2ccc(N)cc12. The number of benzene rings is 1.